The number of amides is 1. The highest BCUT2D eigenvalue weighted by molar-refractivity contribution is 9.10. The number of carboxylic acids is 1. The first-order valence-corrected chi connectivity index (χ1v) is 6.66. The number of aromatic nitrogens is 3. The number of halogens is 1. The van der Waals surface area contributed by atoms with Crippen LogP contribution in [-0.2, 0) is 16.6 Å². The molecule has 0 saturated heterocycles. The summed E-state index contributed by atoms with van der Waals surface area (Å²) in [4.78, 5) is 22.7. The summed E-state index contributed by atoms with van der Waals surface area (Å²) in [5.74, 6) is -1.06. The molecular formula is C11H17BrN4O4. The molecule has 20 heavy (non-hydrogen) atoms. The Balaban J connectivity index is 2.91. The zero-order valence-electron chi connectivity index (χ0n) is 11.7. The van der Waals surface area contributed by atoms with Gasteiger partial charge in [0.1, 0.15) is 5.60 Å². The molecule has 1 unspecified atom stereocenters. The van der Waals surface area contributed by atoms with Gasteiger partial charge >= 0.3 is 12.1 Å². The number of carbonyl (C=O) groups excluding carboxylic acids is 1. The minimum atomic E-state index is -1.06. The molecule has 0 aliphatic heterocycles. The van der Waals surface area contributed by atoms with Crippen LogP contribution in [0.25, 0.3) is 0 Å². The maximum Gasteiger partial charge on any atom is 0.408 e. The maximum atomic E-state index is 11.8. The largest absolute Gasteiger partial charge is 0.481 e. The Bertz CT molecular complexity index is 490. The topological polar surface area (TPSA) is 106 Å². The molecule has 1 aromatic heterocycles. The van der Waals surface area contributed by atoms with Crippen molar-refractivity contribution in [3.63, 3.8) is 0 Å². The van der Waals surface area contributed by atoms with Crippen LogP contribution in [0.15, 0.2) is 4.60 Å². The number of hydrogen-bond acceptors (Lipinski definition) is 5. The fraction of sp³-hybridized carbons (Fsp3) is 0.636. The lowest BCUT2D eigenvalue weighted by molar-refractivity contribution is -0.137. The highest BCUT2D eigenvalue weighted by Crippen LogP contribution is 2.23. The van der Waals surface area contributed by atoms with Crippen molar-refractivity contribution in [3.8, 4) is 0 Å². The Morgan fingerprint density at radius 1 is 1.50 bits per heavy atom. The molecule has 0 spiro atoms. The van der Waals surface area contributed by atoms with E-state index in [-0.39, 0.29) is 6.42 Å². The van der Waals surface area contributed by atoms with Gasteiger partial charge in [-0.25, -0.2) is 9.48 Å². The second-order valence-corrected chi connectivity index (χ2v) is 5.94. The molecule has 8 nitrogen and oxygen atoms in total. The summed E-state index contributed by atoms with van der Waals surface area (Å²) in [6, 6.07) is -0.795. The summed E-state index contributed by atoms with van der Waals surface area (Å²) < 4.78 is 6.89. The molecule has 1 amide bonds. The van der Waals surface area contributed by atoms with Crippen molar-refractivity contribution in [3.05, 3.63) is 10.3 Å². The number of nitrogens with one attached hydrogen (secondary N) is 1. The number of alkyl carbamates (subject to hydrolysis) is 1. The fourth-order valence-electron chi connectivity index (χ4n) is 1.55. The van der Waals surface area contributed by atoms with Gasteiger partial charge in [0.05, 0.1) is 18.2 Å². The van der Waals surface area contributed by atoms with Gasteiger partial charge in [-0.2, -0.15) is 0 Å². The van der Waals surface area contributed by atoms with E-state index in [1.54, 1.807) is 27.8 Å². The fourth-order valence-corrected chi connectivity index (χ4v) is 2.15. The van der Waals surface area contributed by atoms with E-state index >= 15 is 0 Å². The lowest BCUT2D eigenvalue weighted by Gasteiger charge is -2.23. The molecule has 0 aliphatic carbocycles. The van der Waals surface area contributed by atoms with Crippen molar-refractivity contribution >= 4 is 28.0 Å². The van der Waals surface area contributed by atoms with E-state index in [0.717, 1.165) is 0 Å². The third kappa shape index (κ3) is 4.80. The number of carbonyl (C=O) groups is 2. The summed E-state index contributed by atoms with van der Waals surface area (Å²) in [5.41, 5.74) is -0.210. The molecule has 0 bridgehead atoms. The molecule has 1 heterocycles. The van der Waals surface area contributed by atoms with Gasteiger partial charge in [0.15, 0.2) is 4.60 Å². The summed E-state index contributed by atoms with van der Waals surface area (Å²) in [6.45, 7) is 5.17. The Morgan fingerprint density at radius 3 is 2.50 bits per heavy atom. The zero-order chi connectivity index (χ0) is 15.5. The van der Waals surface area contributed by atoms with Crippen LogP contribution in [0.2, 0.25) is 0 Å². The van der Waals surface area contributed by atoms with E-state index in [1.807, 2.05) is 0 Å². The SMILES string of the molecule is Cn1nnc(Br)c1C(CC(=O)O)NC(=O)OC(C)(C)C. The van der Waals surface area contributed by atoms with E-state index in [9.17, 15) is 9.59 Å². The number of ether oxygens (including phenoxy) is 1. The zero-order valence-corrected chi connectivity index (χ0v) is 13.3. The van der Waals surface area contributed by atoms with Crippen LogP contribution in [0, 0.1) is 0 Å². The van der Waals surface area contributed by atoms with Crippen molar-refractivity contribution in [1.82, 2.24) is 20.3 Å². The van der Waals surface area contributed by atoms with Crippen LogP contribution in [-0.4, -0.2) is 37.8 Å². The van der Waals surface area contributed by atoms with Crippen LogP contribution in [0.4, 0.5) is 4.79 Å². The molecule has 9 heteroatoms. The normalized spacial score (nSPS) is 12.8. The van der Waals surface area contributed by atoms with Crippen LogP contribution in [0.3, 0.4) is 0 Å². The first-order valence-electron chi connectivity index (χ1n) is 5.86. The quantitative estimate of drug-likeness (QED) is 0.856. The molecule has 2 N–H and O–H groups in total. The highest BCUT2D eigenvalue weighted by atomic mass is 79.9. The molecule has 1 atom stereocenters. The molecule has 112 valence electrons. The number of carboxylic acid groups (broad SMARTS) is 1. The average Bonchev–Trinajstić information content (AvgIpc) is 2.53. The van der Waals surface area contributed by atoms with Crippen molar-refractivity contribution < 1.29 is 19.4 Å². The Labute approximate surface area is 124 Å². The van der Waals surface area contributed by atoms with Gasteiger partial charge in [-0.15, -0.1) is 5.10 Å². The van der Waals surface area contributed by atoms with Crippen LogP contribution >= 0.6 is 15.9 Å². The predicted molar refractivity (Wildman–Crippen MR) is 73.1 cm³/mol. The van der Waals surface area contributed by atoms with Crippen LogP contribution in [0.5, 0.6) is 0 Å². The maximum absolute atomic E-state index is 11.8. The lowest BCUT2D eigenvalue weighted by Crippen LogP contribution is -2.36. The van der Waals surface area contributed by atoms with Gasteiger partial charge in [0.2, 0.25) is 0 Å². The summed E-state index contributed by atoms with van der Waals surface area (Å²) in [7, 11) is 1.61. The van der Waals surface area contributed by atoms with E-state index < -0.39 is 23.7 Å². The number of nitrogens with zero attached hydrogens (tertiary/aromatic N) is 3. The number of rotatable bonds is 4. The highest BCUT2D eigenvalue weighted by Gasteiger charge is 2.27. The lowest BCUT2D eigenvalue weighted by atomic mass is 10.1. The number of hydrogen-bond donors (Lipinski definition) is 2. The molecule has 0 radical (unpaired) electrons. The van der Waals surface area contributed by atoms with E-state index in [4.69, 9.17) is 9.84 Å². The van der Waals surface area contributed by atoms with Gasteiger partial charge in [0.25, 0.3) is 0 Å². The first-order chi connectivity index (χ1) is 9.10. The Morgan fingerprint density at radius 2 is 2.10 bits per heavy atom. The molecule has 0 fully saturated rings. The summed E-state index contributed by atoms with van der Waals surface area (Å²) >= 11 is 3.18. The van der Waals surface area contributed by atoms with Gasteiger partial charge in [-0.05, 0) is 36.7 Å². The first kappa shape index (κ1) is 16.4. The van der Waals surface area contributed by atoms with Crippen LogP contribution < -0.4 is 5.32 Å². The van der Waals surface area contributed by atoms with Crippen molar-refractivity contribution in [2.45, 2.75) is 38.8 Å². The van der Waals surface area contributed by atoms with E-state index in [1.165, 1.54) is 4.68 Å². The second-order valence-electron chi connectivity index (χ2n) is 5.19. The van der Waals surface area contributed by atoms with Crippen molar-refractivity contribution in [2.24, 2.45) is 7.05 Å². The van der Waals surface area contributed by atoms with Crippen LogP contribution in [0.1, 0.15) is 38.9 Å². The summed E-state index contributed by atoms with van der Waals surface area (Å²) in [5, 5.41) is 19.0. The molecule has 0 aliphatic rings. The number of aryl methyl sites for hydroxylation is 1. The summed E-state index contributed by atoms with van der Waals surface area (Å²) in [6.07, 6.45) is -1.00. The van der Waals surface area contributed by atoms with E-state index in [2.05, 4.69) is 31.6 Å². The smallest absolute Gasteiger partial charge is 0.408 e. The van der Waals surface area contributed by atoms with Gasteiger partial charge < -0.3 is 15.2 Å². The Hall–Kier alpha value is -1.64. The monoisotopic (exact) mass is 348 g/mol. The molecule has 0 aromatic carbocycles. The minimum absolute atomic E-state index is 0.306. The number of aliphatic carboxylic acids is 1. The van der Waals surface area contributed by atoms with Crippen molar-refractivity contribution in [1.29, 1.82) is 0 Å². The molecule has 1 rings (SSSR count). The van der Waals surface area contributed by atoms with Gasteiger partial charge in [-0.3, -0.25) is 4.79 Å². The third-order valence-corrected chi connectivity index (χ3v) is 2.79. The minimum Gasteiger partial charge on any atom is -0.481 e. The van der Waals surface area contributed by atoms with Gasteiger partial charge in [-0.1, -0.05) is 5.21 Å². The third-order valence-electron chi connectivity index (χ3n) is 2.23. The van der Waals surface area contributed by atoms with Gasteiger partial charge in [0, 0.05) is 7.05 Å². The predicted octanol–water partition coefficient (Wildman–Crippen LogP) is 1.62. The average molecular weight is 349 g/mol. The molecular weight excluding hydrogens is 332 g/mol. The molecule has 1 aromatic rings. The second kappa shape index (κ2) is 6.21. The van der Waals surface area contributed by atoms with Crippen molar-refractivity contribution in [2.75, 3.05) is 0 Å². The van der Waals surface area contributed by atoms with E-state index in [0.29, 0.717) is 10.3 Å². The Kier molecular flexibility index (Phi) is 5.09. The molecule has 0 saturated carbocycles. The standard InChI is InChI=1S/C11H17BrN4O4/c1-11(2,3)20-10(19)13-6(5-7(17)18)8-9(12)14-15-16(8)4/h6H,5H2,1-4H3,(H,13,19)(H,17,18).